The molecule has 0 aromatic heterocycles. The van der Waals surface area contributed by atoms with E-state index in [0.29, 0.717) is 11.7 Å². The molecule has 0 saturated heterocycles. The van der Waals surface area contributed by atoms with E-state index in [9.17, 15) is 13.2 Å². The number of nitrogens with zero attached hydrogens (tertiary/aromatic N) is 1. The summed E-state index contributed by atoms with van der Waals surface area (Å²) in [6.07, 6.45) is 0. The highest BCUT2D eigenvalue weighted by molar-refractivity contribution is 7.89. The van der Waals surface area contributed by atoms with Crippen molar-refractivity contribution >= 4 is 21.6 Å². The summed E-state index contributed by atoms with van der Waals surface area (Å²) in [5.41, 5.74) is 2.60. The van der Waals surface area contributed by atoms with E-state index in [0.717, 1.165) is 17.7 Å². The minimum absolute atomic E-state index is 0.161. The summed E-state index contributed by atoms with van der Waals surface area (Å²) in [4.78, 5) is 13.4. The highest BCUT2D eigenvalue weighted by Crippen LogP contribution is 2.16. The van der Waals surface area contributed by atoms with Crippen LogP contribution in [-0.2, 0) is 27.9 Å². The van der Waals surface area contributed by atoms with Crippen molar-refractivity contribution in [3.05, 3.63) is 59.7 Å². The maximum absolute atomic E-state index is 12.6. The number of carbonyl (C=O) groups is 1. The van der Waals surface area contributed by atoms with E-state index in [-0.39, 0.29) is 17.3 Å². The van der Waals surface area contributed by atoms with E-state index in [2.05, 4.69) is 28.8 Å². The smallest absolute Gasteiger partial charge is 0.240 e. The van der Waals surface area contributed by atoms with Crippen LogP contribution in [-0.4, -0.2) is 32.3 Å². The maximum atomic E-state index is 12.6. The Morgan fingerprint density at radius 1 is 1.04 bits per heavy atom. The first-order chi connectivity index (χ1) is 12.7. The molecule has 0 bridgehead atoms. The molecule has 2 N–H and O–H groups in total. The zero-order valence-electron chi connectivity index (χ0n) is 16.2. The molecule has 0 heterocycles. The summed E-state index contributed by atoms with van der Waals surface area (Å²) in [6.45, 7) is 6.62. The topological polar surface area (TPSA) is 78.5 Å². The second kappa shape index (κ2) is 9.12. The fourth-order valence-corrected chi connectivity index (χ4v) is 3.52. The summed E-state index contributed by atoms with van der Waals surface area (Å²) in [7, 11) is -1.60. The quantitative estimate of drug-likeness (QED) is 0.728. The molecular weight excluding hydrogens is 362 g/mol. The zero-order valence-corrected chi connectivity index (χ0v) is 17.0. The molecule has 0 aliphatic rings. The fraction of sp³-hybridized carbons (Fsp3) is 0.350. The van der Waals surface area contributed by atoms with Crippen molar-refractivity contribution < 1.29 is 13.2 Å². The third kappa shape index (κ3) is 6.16. The van der Waals surface area contributed by atoms with E-state index < -0.39 is 10.0 Å². The lowest BCUT2D eigenvalue weighted by atomic mass is 10.1. The average Bonchev–Trinajstić information content (AvgIpc) is 2.61. The van der Waals surface area contributed by atoms with Crippen LogP contribution in [0.5, 0.6) is 0 Å². The highest BCUT2D eigenvalue weighted by atomic mass is 32.2. The Labute approximate surface area is 161 Å². The van der Waals surface area contributed by atoms with Crippen molar-refractivity contribution in [2.24, 2.45) is 0 Å². The van der Waals surface area contributed by atoms with Crippen LogP contribution < -0.4 is 10.0 Å². The van der Waals surface area contributed by atoms with Crippen LogP contribution in [0.3, 0.4) is 0 Å². The van der Waals surface area contributed by atoms with E-state index in [1.54, 1.807) is 12.1 Å². The molecule has 0 atom stereocenters. The first-order valence-electron chi connectivity index (χ1n) is 8.83. The SMILES string of the molecule is CC(=O)Nc1ccc(S(=O)(=O)NCc2ccccc2CN(C)C(C)C)cc1. The largest absolute Gasteiger partial charge is 0.326 e. The Hall–Kier alpha value is -2.22. The molecule has 0 aliphatic carbocycles. The molecule has 6 nitrogen and oxygen atoms in total. The summed E-state index contributed by atoms with van der Waals surface area (Å²) < 4.78 is 27.8. The molecular formula is C20H27N3O3S. The number of hydrogen-bond acceptors (Lipinski definition) is 4. The van der Waals surface area contributed by atoms with Crippen LogP contribution in [0.1, 0.15) is 31.9 Å². The summed E-state index contributed by atoms with van der Waals surface area (Å²) in [5, 5.41) is 2.62. The van der Waals surface area contributed by atoms with Crippen LogP contribution in [0.15, 0.2) is 53.4 Å². The first kappa shape index (κ1) is 21.1. The van der Waals surface area contributed by atoms with Gasteiger partial charge in [-0.25, -0.2) is 13.1 Å². The minimum atomic E-state index is -3.64. The lowest BCUT2D eigenvalue weighted by molar-refractivity contribution is -0.114. The van der Waals surface area contributed by atoms with Gasteiger partial charge >= 0.3 is 0 Å². The zero-order chi connectivity index (χ0) is 20.0. The van der Waals surface area contributed by atoms with Gasteiger partial charge in [0.05, 0.1) is 4.90 Å². The minimum Gasteiger partial charge on any atom is -0.326 e. The lowest BCUT2D eigenvalue weighted by Crippen LogP contribution is -2.27. The van der Waals surface area contributed by atoms with Gasteiger partial charge in [-0.15, -0.1) is 0 Å². The van der Waals surface area contributed by atoms with Crippen molar-refractivity contribution in [2.75, 3.05) is 12.4 Å². The van der Waals surface area contributed by atoms with Gasteiger partial charge in [0.2, 0.25) is 15.9 Å². The number of anilines is 1. The number of rotatable bonds is 8. The van der Waals surface area contributed by atoms with Gasteiger partial charge < -0.3 is 5.32 Å². The van der Waals surface area contributed by atoms with Crippen LogP contribution in [0, 0.1) is 0 Å². The van der Waals surface area contributed by atoms with Crippen molar-refractivity contribution in [1.82, 2.24) is 9.62 Å². The number of hydrogen-bond donors (Lipinski definition) is 2. The number of benzene rings is 2. The Morgan fingerprint density at radius 3 is 2.19 bits per heavy atom. The molecule has 0 unspecified atom stereocenters. The average molecular weight is 390 g/mol. The van der Waals surface area contributed by atoms with E-state index in [1.165, 1.54) is 19.1 Å². The molecule has 0 radical (unpaired) electrons. The Bertz CT molecular complexity index is 878. The predicted molar refractivity (Wildman–Crippen MR) is 108 cm³/mol. The fourth-order valence-electron chi connectivity index (χ4n) is 2.51. The van der Waals surface area contributed by atoms with Gasteiger partial charge in [-0.3, -0.25) is 9.69 Å². The molecule has 0 saturated carbocycles. The van der Waals surface area contributed by atoms with Crippen molar-refractivity contribution in [1.29, 1.82) is 0 Å². The van der Waals surface area contributed by atoms with Crippen LogP contribution in [0.25, 0.3) is 0 Å². The van der Waals surface area contributed by atoms with Gasteiger partial charge in [-0.2, -0.15) is 0 Å². The molecule has 146 valence electrons. The monoisotopic (exact) mass is 389 g/mol. The van der Waals surface area contributed by atoms with Crippen LogP contribution in [0.4, 0.5) is 5.69 Å². The second-order valence-electron chi connectivity index (χ2n) is 6.81. The number of nitrogens with one attached hydrogen (secondary N) is 2. The van der Waals surface area contributed by atoms with Gasteiger partial charge in [-0.1, -0.05) is 24.3 Å². The highest BCUT2D eigenvalue weighted by Gasteiger charge is 2.15. The van der Waals surface area contributed by atoms with Crippen LogP contribution >= 0.6 is 0 Å². The number of sulfonamides is 1. The summed E-state index contributed by atoms with van der Waals surface area (Å²) in [5.74, 6) is -0.202. The predicted octanol–water partition coefficient (Wildman–Crippen LogP) is 2.96. The maximum Gasteiger partial charge on any atom is 0.240 e. The van der Waals surface area contributed by atoms with Crippen molar-refractivity contribution in [2.45, 2.75) is 44.8 Å². The number of carbonyl (C=O) groups excluding carboxylic acids is 1. The molecule has 0 spiro atoms. The molecule has 2 aromatic carbocycles. The first-order valence-corrected chi connectivity index (χ1v) is 10.3. The molecule has 0 aliphatic heterocycles. The van der Waals surface area contributed by atoms with Gasteiger partial charge in [0, 0.05) is 31.7 Å². The summed E-state index contributed by atoms with van der Waals surface area (Å²) >= 11 is 0. The molecule has 27 heavy (non-hydrogen) atoms. The van der Waals surface area contributed by atoms with E-state index in [4.69, 9.17) is 0 Å². The normalized spacial score (nSPS) is 11.8. The molecule has 0 fully saturated rings. The molecule has 7 heteroatoms. The van der Waals surface area contributed by atoms with Crippen LogP contribution in [0.2, 0.25) is 0 Å². The standard InChI is InChI=1S/C20H27N3O3S/c1-15(2)23(4)14-18-8-6-5-7-17(18)13-21-27(25,26)20-11-9-19(10-12-20)22-16(3)24/h5-12,15,21H,13-14H2,1-4H3,(H,22,24). The van der Waals surface area contributed by atoms with Gasteiger partial charge in [0.25, 0.3) is 0 Å². The van der Waals surface area contributed by atoms with Gasteiger partial charge in [0.15, 0.2) is 0 Å². The van der Waals surface area contributed by atoms with Crippen molar-refractivity contribution in [3.63, 3.8) is 0 Å². The Morgan fingerprint density at radius 2 is 1.63 bits per heavy atom. The summed E-state index contributed by atoms with van der Waals surface area (Å²) in [6, 6.07) is 14.3. The van der Waals surface area contributed by atoms with Gasteiger partial charge in [0.1, 0.15) is 0 Å². The lowest BCUT2D eigenvalue weighted by Gasteiger charge is -2.22. The van der Waals surface area contributed by atoms with E-state index >= 15 is 0 Å². The van der Waals surface area contributed by atoms with Gasteiger partial charge in [-0.05, 0) is 56.3 Å². The molecule has 2 aromatic rings. The number of amides is 1. The third-order valence-electron chi connectivity index (χ3n) is 4.36. The molecule has 2 rings (SSSR count). The molecule has 1 amide bonds. The Kier molecular flexibility index (Phi) is 7.12. The van der Waals surface area contributed by atoms with E-state index in [1.807, 2.05) is 31.3 Å². The Balaban J connectivity index is 2.10. The second-order valence-corrected chi connectivity index (χ2v) is 8.57. The van der Waals surface area contributed by atoms with Crippen molar-refractivity contribution in [3.8, 4) is 0 Å². The third-order valence-corrected chi connectivity index (χ3v) is 5.77.